The number of benzene rings is 2. The number of aryl methyl sites for hydroxylation is 1. The summed E-state index contributed by atoms with van der Waals surface area (Å²) in [6.07, 6.45) is 8.29. The van der Waals surface area contributed by atoms with Gasteiger partial charge in [-0.15, -0.1) is 0 Å². The number of aliphatic carboxylic acids is 2. The number of carbonyl (C=O) groups excluding carboxylic acids is 2. The third-order valence-corrected chi connectivity index (χ3v) is 5.81. The van der Waals surface area contributed by atoms with E-state index in [1.807, 2.05) is 18.3 Å². The Morgan fingerprint density at radius 1 is 0.892 bits per heavy atom. The molecule has 1 aliphatic heterocycles. The van der Waals surface area contributed by atoms with Gasteiger partial charge < -0.3 is 19.8 Å². The molecular weight excluding hydrogens is 476 g/mol. The predicted octanol–water partition coefficient (Wildman–Crippen LogP) is 3.35. The number of fused-ring (bicyclic) bond motifs is 2. The number of H-pyrrole nitrogens is 1. The van der Waals surface area contributed by atoms with Crippen LogP contribution in [0.4, 0.5) is 0 Å². The molecule has 37 heavy (non-hydrogen) atoms. The fraction of sp³-hybridized carbons (Fsp3) is 0.148. The van der Waals surface area contributed by atoms with Crippen molar-refractivity contribution in [2.75, 3.05) is 6.54 Å². The van der Waals surface area contributed by atoms with E-state index in [4.69, 9.17) is 10.2 Å². The molecule has 3 N–H and O–H groups in total. The van der Waals surface area contributed by atoms with E-state index in [0.717, 1.165) is 24.3 Å². The Morgan fingerprint density at radius 2 is 1.51 bits per heavy atom. The summed E-state index contributed by atoms with van der Waals surface area (Å²) in [6, 6.07) is 15.3. The summed E-state index contributed by atoms with van der Waals surface area (Å²) in [5.41, 5.74) is 3.36. The fourth-order valence-electron chi connectivity index (χ4n) is 4.21. The van der Waals surface area contributed by atoms with Gasteiger partial charge in [-0.3, -0.25) is 14.5 Å². The van der Waals surface area contributed by atoms with Crippen molar-refractivity contribution in [1.29, 1.82) is 0 Å². The Balaban J connectivity index is 0.000000349. The molecule has 5 rings (SSSR count). The number of para-hydroxylation sites is 1. The molecule has 0 spiro atoms. The quantitative estimate of drug-likeness (QED) is 0.248. The Hall–Kier alpha value is -4.99. The van der Waals surface area contributed by atoms with E-state index < -0.39 is 11.9 Å². The van der Waals surface area contributed by atoms with E-state index in [2.05, 4.69) is 32.9 Å². The number of nitrogens with zero attached hydrogens (tertiary/aromatic N) is 3. The van der Waals surface area contributed by atoms with Crippen LogP contribution in [0.3, 0.4) is 0 Å². The van der Waals surface area contributed by atoms with E-state index in [1.165, 1.54) is 15.8 Å². The highest BCUT2D eigenvalue weighted by molar-refractivity contribution is 6.21. The van der Waals surface area contributed by atoms with Crippen molar-refractivity contribution in [1.82, 2.24) is 19.4 Å². The van der Waals surface area contributed by atoms with Crippen molar-refractivity contribution in [3.63, 3.8) is 0 Å². The Morgan fingerprint density at radius 3 is 2.11 bits per heavy atom. The van der Waals surface area contributed by atoms with Crippen LogP contribution in [0.15, 0.2) is 79.3 Å². The minimum Gasteiger partial charge on any atom is -0.478 e. The highest BCUT2D eigenvalue weighted by atomic mass is 16.4. The molecule has 0 saturated heterocycles. The van der Waals surface area contributed by atoms with Crippen LogP contribution in [0.2, 0.25) is 0 Å². The second kappa shape index (κ2) is 11.2. The number of hydrogen-bond donors (Lipinski definition) is 3. The number of carboxylic acid groups (broad SMARTS) is 2. The molecule has 0 unspecified atom stereocenters. The van der Waals surface area contributed by atoms with E-state index in [9.17, 15) is 19.2 Å². The number of hydrogen-bond acceptors (Lipinski definition) is 5. The van der Waals surface area contributed by atoms with Crippen LogP contribution in [0.1, 0.15) is 38.5 Å². The highest BCUT2D eigenvalue weighted by Gasteiger charge is 2.34. The van der Waals surface area contributed by atoms with Crippen molar-refractivity contribution in [2.24, 2.45) is 0 Å². The third-order valence-electron chi connectivity index (χ3n) is 5.81. The maximum Gasteiger partial charge on any atom is 0.328 e. The summed E-state index contributed by atoms with van der Waals surface area (Å²) in [7, 11) is 0. The van der Waals surface area contributed by atoms with Crippen molar-refractivity contribution in [2.45, 2.75) is 19.4 Å². The van der Waals surface area contributed by atoms with Crippen LogP contribution in [-0.4, -0.2) is 59.9 Å². The smallest absolute Gasteiger partial charge is 0.328 e. The maximum atomic E-state index is 12.5. The van der Waals surface area contributed by atoms with Crippen LogP contribution in [0.5, 0.6) is 0 Å². The topological polar surface area (TPSA) is 146 Å². The number of carbonyl (C=O) groups is 4. The largest absolute Gasteiger partial charge is 0.478 e. The minimum absolute atomic E-state index is 0.193. The molecule has 0 radical (unpaired) electrons. The molecule has 0 atom stereocenters. The SMILES string of the molecule is O=C(O)C=CC(=O)O.O=C1c2ccccc2C(=O)N1CCCn1cc(Cc2ncc[nH]2)c2ccccc21. The summed E-state index contributed by atoms with van der Waals surface area (Å²) >= 11 is 0. The van der Waals surface area contributed by atoms with Crippen molar-refractivity contribution in [3.8, 4) is 0 Å². The number of aromatic nitrogens is 3. The monoisotopic (exact) mass is 500 g/mol. The number of imidazole rings is 1. The van der Waals surface area contributed by atoms with Gasteiger partial charge in [0.25, 0.3) is 11.8 Å². The van der Waals surface area contributed by atoms with Crippen LogP contribution in [0, 0.1) is 0 Å². The molecule has 4 aromatic rings. The zero-order valence-electron chi connectivity index (χ0n) is 19.7. The molecule has 10 heteroatoms. The minimum atomic E-state index is -1.26. The average Bonchev–Trinajstić information content (AvgIpc) is 3.59. The molecule has 0 aliphatic carbocycles. The molecule has 188 valence electrons. The first-order valence-electron chi connectivity index (χ1n) is 11.5. The Kier molecular flexibility index (Phi) is 7.58. The summed E-state index contributed by atoms with van der Waals surface area (Å²) in [6.45, 7) is 1.14. The Bertz CT molecular complexity index is 1430. The summed E-state index contributed by atoms with van der Waals surface area (Å²) < 4.78 is 2.20. The molecule has 2 aromatic heterocycles. The first-order valence-corrected chi connectivity index (χ1v) is 11.5. The molecule has 10 nitrogen and oxygen atoms in total. The number of nitrogens with one attached hydrogen (secondary N) is 1. The first kappa shape index (κ1) is 25.1. The second-order valence-corrected chi connectivity index (χ2v) is 8.25. The lowest BCUT2D eigenvalue weighted by Crippen LogP contribution is -2.31. The maximum absolute atomic E-state index is 12.5. The summed E-state index contributed by atoms with van der Waals surface area (Å²) in [5, 5.41) is 16.8. The van der Waals surface area contributed by atoms with E-state index in [1.54, 1.807) is 30.5 Å². The first-order chi connectivity index (χ1) is 17.8. The van der Waals surface area contributed by atoms with Crippen LogP contribution in [0.25, 0.3) is 10.9 Å². The van der Waals surface area contributed by atoms with Crippen molar-refractivity contribution >= 4 is 34.7 Å². The van der Waals surface area contributed by atoms with Crippen LogP contribution in [-0.2, 0) is 22.6 Å². The van der Waals surface area contributed by atoms with Gasteiger partial charge in [0, 0.05) is 61.2 Å². The number of aromatic amines is 1. The molecule has 3 heterocycles. The van der Waals surface area contributed by atoms with Gasteiger partial charge in [0.1, 0.15) is 5.82 Å². The third kappa shape index (κ3) is 5.81. The van der Waals surface area contributed by atoms with E-state index >= 15 is 0 Å². The predicted molar refractivity (Wildman–Crippen MR) is 134 cm³/mol. The molecule has 2 aromatic carbocycles. The van der Waals surface area contributed by atoms with Crippen molar-refractivity contribution < 1.29 is 29.4 Å². The standard InChI is InChI=1S/C23H20N4O2.C4H4O4/c28-22-18-7-1-2-8-19(18)23(29)27(22)13-5-12-26-15-16(14-21-24-10-11-25-21)17-6-3-4-9-20(17)26;5-3(6)1-2-4(7)8/h1-4,6-11,15H,5,12-14H2,(H,24,25);1-2H,(H,5,6)(H,7,8). The van der Waals surface area contributed by atoms with Gasteiger partial charge in [0.15, 0.2) is 0 Å². The van der Waals surface area contributed by atoms with E-state index in [-0.39, 0.29) is 11.8 Å². The second-order valence-electron chi connectivity index (χ2n) is 8.25. The summed E-state index contributed by atoms with van der Waals surface area (Å²) in [5.74, 6) is -1.97. The molecule has 0 bridgehead atoms. The van der Waals surface area contributed by atoms with Gasteiger partial charge in [-0.25, -0.2) is 14.6 Å². The zero-order chi connectivity index (χ0) is 26.4. The highest BCUT2D eigenvalue weighted by Crippen LogP contribution is 2.25. The molecule has 1 aliphatic rings. The van der Waals surface area contributed by atoms with Gasteiger partial charge in [-0.1, -0.05) is 30.3 Å². The molecular formula is C27H24N4O6. The molecule has 0 fully saturated rings. The molecule has 2 amide bonds. The van der Waals surface area contributed by atoms with Gasteiger partial charge in [-0.2, -0.15) is 0 Å². The van der Waals surface area contributed by atoms with Crippen LogP contribution < -0.4 is 0 Å². The lowest BCUT2D eigenvalue weighted by atomic mass is 10.1. The fourth-order valence-corrected chi connectivity index (χ4v) is 4.21. The zero-order valence-corrected chi connectivity index (χ0v) is 19.7. The number of carboxylic acids is 2. The number of amides is 2. The van der Waals surface area contributed by atoms with Gasteiger partial charge in [-0.05, 0) is 30.2 Å². The van der Waals surface area contributed by atoms with Crippen LogP contribution >= 0.6 is 0 Å². The van der Waals surface area contributed by atoms with Gasteiger partial charge >= 0.3 is 11.9 Å². The van der Waals surface area contributed by atoms with Crippen molar-refractivity contribution in [3.05, 3.63) is 102 Å². The lowest BCUT2D eigenvalue weighted by Gasteiger charge is -2.14. The summed E-state index contributed by atoms with van der Waals surface area (Å²) in [4.78, 5) is 53.0. The number of imide groups is 1. The number of rotatable bonds is 8. The van der Waals surface area contributed by atoms with Gasteiger partial charge in [0.2, 0.25) is 0 Å². The van der Waals surface area contributed by atoms with E-state index in [0.29, 0.717) is 36.2 Å². The van der Waals surface area contributed by atoms with Gasteiger partial charge in [0.05, 0.1) is 11.1 Å². The lowest BCUT2D eigenvalue weighted by molar-refractivity contribution is -0.134. The normalized spacial score (nSPS) is 12.6. The average molecular weight is 501 g/mol. The molecule has 0 saturated carbocycles. The Labute approximate surface area is 211 Å².